The molecule has 1 aliphatic heterocycles. The van der Waals surface area contributed by atoms with Crippen molar-refractivity contribution < 1.29 is 14.3 Å². The summed E-state index contributed by atoms with van der Waals surface area (Å²) in [6, 6.07) is 15.9. The van der Waals surface area contributed by atoms with Crippen LogP contribution in [0.4, 0.5) is 0 Å². The van der Waals surface area contributed by atoms with E-state index in [1.807, 2.05) is 36.5 Å². The van der Waals surface area contributed by atoms with E-state index < -0.39 is 0 Å². The quantitative estimate of drug-likeness (QED) is 0.367. The molecular formula is C24H26N2O3S. The van der Waals surface area contributed by atoms with Crippen molar-refractivity contribution in [3.05, 3.63) is 65.9 Å². The average molecular weight is 423 g/mol. The maximum absolute atomic E-state index is 11.8. The summed E-state index contributed by atoms with van der Waals surface area (Å²) in [7, 11) is 1.66. The normalized spacial score (nSPS) is 16.0. The molecule has 0 amide bonds. The summed E-state index contributed by atoms with van der Waals surface area (Å²) in [6.45, 7) is 3.20. The smallest absolute Gasteiger partial charge is 0.168 e. The lowest BCUT2D eigenvalue weighted by molar-refractivity contribution is 0.0953. The lowest BCUT2D eigenvalue weighted by atomic mass is 10.1. The van der Waals surface area contributed by atoms with Crippen LogP contribution in [-0.2, 0) is 17.0 Å². The molecule has 0 radical (unpaired) electrons. The number of imidazole rings is 1. The third-order valence-electron chi connectivity index (χ3n) is 5.34. The van der Waals surface area contributed by atoms with Gasteiger partial charge in [0.1, 0.15) is 5.75 Å². The first kappa shape index (κ1) is 20.7. The molecule has 0 unspecified atom stereocenters. The van der Waals surface area contributed by atoms with Gasteiger partial charge >= 0.3 is 0 Å². The number of hydrogen-bond acceptors (Lipinski definition) is 5. The topological polar surface area (TPSA) is 53.3 Å². The molecule has 2 heterocycles. The fourth-order valence-electron chi connectivity index (χ4n) is 3.73. The van der Waals surface area contributed by atoms with Crippen LogP contribution in [-0.4, -0.2) is 35.2 Å². The Kier molecular flexibility index (Phi) is 6.55. The first-order valence-corrected chi connectivity index (χ1v) is 11.2. The van der Waals surface area contributed by atoms with Crippen LogP contribution < -0.4 is 4.74 Å². The average Bonchev–Trinajstić information content (AvgIpc) is 3.43. The number of aromatic nitrogens is 2. The second kappa shape index (κ2) is 9.49. The van der Waals surface area contributed by atoms with Gasteiger partial charge in [0, 0.05) is 23.5 Å². The van der Waals surface area contributed by atoms with Gasteiger partial charge in [0.15, 0.2) is 10.9 Å². The van der Waals surface area contributed by atoms with E-state index in [0.717, 1.165) is 53.7 Å². The van der Waals surface area contributed by atoms with E-state index in [9.17, 15) is 4.79 Å². The number of benzene rings is 2. The third kappa shape index (κ3) is 4.60. The van der Waals surface area contributed by atoms with E-state index in [-0.39, 0.29) is 11.9 Å². The Bertz CT molecular complexity index is 1010. The lowest BCUT2D eigenvalue weighted by Gasteiger charge is -2.16. The summed E-state index contributed by atoms with van der Waals surface area (Å²) < 4.78 is 13.7. The molecule has 0 spiro atoms. The van der Waals surface area contributed by atoms with Crippen molar-refractivity contribution in [1.29, 1.82) is 0 Å². The number of carbonyl (C=O) groups is 1. The van der Waals surface area contributed by atoms with Gasteiger partial charge in [0.25, 0.3) is 0 Å². The van der Waals surface area contributed by atoms with Crippen molar-refractivity contribution in [2.24, 2.45) is 0 Å². The molecule has 4 rings (SSSR count). The van der Waals surface area contributed by atoms with Crippen LogP contribution in [0.15, 0.2) is 59.9 Å². The summed E-state index contributed by atoms with van der Waals surface area (Å²) in [5.41, 5.74) is 3.92. The van der Waals surface area contributed by atoms with Gasteiger partial charge in [0.05, 0.1) is 31.6 Å². The van der Waals surface area contributed by atoms with Gasteiger partial charge in [0.2, 0.25) is 0 Å². The molecule has 1 aliphatic rings. The predicted molar refractivity (Wildman–Crippen MR) is 119 cm³/mol. The third-order valence-corrected chi connectivity index (χ3v) is 6.38. The largest absolute Gasteiger partial charge is 0.496 e. The molecule has 5 nitrogen and oxygen atoms in total. The number of hydrogen-bond donors (Lipinski definition) is 0. The SMILES string of the molecule is COc1ccc(C(C)=O)cc1CSc1ncc(-c2ccccc2)n1C[C@@H]1CCCO1. The fraction of sp³-hybridized carbons (Fsp3) is 0.333. The van der Waals surface area contributed by atoms with Gasteiger partial charge in [-0.25, -0.2) is 4.98 Å². The van der Waals surface area contributed by atoms with Crippen molar-refractivity contribution in [3.63, 3.8) is 0 Å². The highest BCUT2D eigenvalue weighted by molar-refractivity contribution is 7.98. The van der Waals surface area contributed by atoms with Gasteiger partial charge in [-0.2, -0.15) is 0 Å². The summed E-state index contributed by atoms with van der Waals surface area (Å²) in [5.74, 6) is 1.50. The lowest BCUT2D eigenvalue weighted by Crippen LogP contribution is -2.16. The molecule has 156 valence electrons. The number of ketones is 1. The van der Waals surface area contributed by atoms with Gasteiger partial charge in [-0.05, 0) is 43.5 Å². The van der Waals surface area contributed by atoms with E-state index in [2.05, 4.69) is 16.7 Å². The van der Waals surface area contributed by atoms with Gasteiger partial charge in [-0.15, -0.1) is 0 Å². The standard InChI is InChI=1S/C24H26N2O3S/c1-17(27)19-10-11-23(28-2)20(13-19)16-30-24-25-14-22(18-7-4-3-5-8-18)26(24)15-21-9-6-12-29-21/h3-5,7-8,10-11,13-14,21H,6,9,12,15-16H2,1-2H3/t21-/m0/s1. The Labute approximate surface area is 181 Å². The second-order valence-electron chi connectivity index (χ2n) is 7.41. The van der Waals surface area contributed by atoms with E-state index in [4.69, 9.17) is 14.5 Å². The molecule has 3 aromatic rings. The molecule has 0 saturated carbocycles. The molecule has 30 heavy (non-hydrogen) atoms. The molecule has 6 heteroatoms. The highest BCUT2D eigenvalue weighted by Crippen LogP contribution is 2.32. The molecule has 0 N–H and O–H groups in total. The predicted octanol–water partition coefficient (Wildman–Crippen LogP) is 5.23. The Morgan fingerprint density at radius 2 is 2.10 bits per heavy atom. The van der Waals surface area contributed by atoms with Crippen LogP contribution in [0.3, 0.4) is 0 Å². The number of nitrogens with zero attached hydrogens (tertiary/aromatic N) is 2. The maximum atomic E-state index is 11.8. The first-order chi connectivity index (χ1) is 14.7. The Balaban J connectivity index is 1.62. The zero-order valence-electron chi connectivity index (χ0n) is 17.3. The zero-order valence-corrected chi connectivity index (χ0v) is 18.2. The van der Waals surface area contributed by atoms with Crippen molar-refractivity contribution in [3.8, 4) is 17.0 Å². The fourth-order valence-corrected chi connectivity index (χ4v) is 4.70. The summed E-state index contributed by atoms with van der Waals surface area (Å²) in [5, 5.41) is 0.944. The van der Waals surface area contributed by atoms with Gasteiger partial charge in [-0.3, -0.25) is 4.79 Å². The van der Waals surface area contributed by atoms with Crippen LogP contribution in [0.25, 0.3) is 11.3 Å². The van der Waals surface area contributed by atoms with E-state index in [0.29, 0.717) is 11.3 Å². The van der Waals surface area contributed by atoms with Gasteiger partial charge in [-0.1, -0.05) is 42.1 Å². The molecule has 1 atom stereocenters. The van der Waals surface area contributed by atoms with E-state index in [1.165, 1.54) is 0 Å². The summed E-state index contributed by atoms with van der Waals surface area (Å²) in [6.07, 6.45) is 4.34. The van der Waals surface area contributed by atoms with Crippen LogP contribution in [0, 0.1) is 0 Å². The first-order valence-electron chi connectivity index (χ1n) is 10.2. The number of carbonyl (C=O) groups excluding carboxylic acids is 1. The highest BCUT2D eigenvalue weighted by Gasteiger charge is 2.21. The molecule has 0 bridgehead atoms. The monoisotopic (exact) mass is 422 g/mol. The number of rotatable bonds is 8. The maximum Gasteiger partial charge on any atom is 0.168 e. The minimum Gasteiger partial charge on any atom is -0.496 e. The van der Waals surface area contributed by atoms with E-state index >= 15 is 0 Å². The van der Waals surface area contributed by atoms with Crippen LogP contribution in [0.1, 0.15) is 35.7 Å². The minimum absolute atomic E-state index is 0.0511. The number of Topliss-reactive ketones (excluding diaryl/α,β-unsaturated/α-hetero) is 1. The zero-order chi connectivity index (χ0) is 20.9. The molecule has 1 saturated heterocycles. The Morgan fingerprint density at radius 1 is 1.27 bits per heavy atom. The molecule has 1 aromatic heterocycles. The molecule has 2 aromatic carbocycles. The molecular weight excluding hydrogens is 396 g/mol. The van der Waals surface area contributed by atoms with Crippen LogP contribution in [0.2, 0.25) is 0 Å². The van der Waals surface area contributed by atoms with Crippen molar-refractivity contribution in [2.45, 2.75) is 43.3 Å². The van der Waals surface area contributed by atoms with Crippen LogP contribution in [0.5, 0.6) is 5.75 Å². The minimum atomic E-state index is 0.0511. The molecule has 0 aliphatic carbocycles. The number of ether oxygens (including phenoxy) is 2. The Hall–Kier alpha value is -2.57. The van der Waals surface area contributed by atoms with Crippen molar-refractivity contribution in [2.75, 3.05) is 13.7 Å². The highest BCUT2D eigenvalue weighted by atomic mass is 32.2. The second-order valence-corrected chi connectivity index (χ2v) is 8.35. The molecule has 1 fully saturated rings. The van der Waals surface area contributed by atoms with Crippen molar-refractivity contribution >= 4 is 17.5 Å². The number of thioether (sulfide) groups is 1. The Morgan fingerprint density at radius 3 is 2.80 bits per heavy atom. The van der Waals surface area contributed by atoms with Crippen molar-refractivity contribution in [1.82, 2.24) is 9.55 Å². The summed E-state index contributed by atoms with van der Waals surface area (Å²) >= 11 is 1.65. The van der Waals surface area contributed by atoms with E-state index in [1.54, 1.807) is 31.9 Å². The summed E-state index contributed by atoms with van der Waals surface area (Å²) in [4.78, 5) is 16.5. The number of methoxy groups -OCH3 is 1. The van der Waals surface area contributed by atoms with Gasteiger partial charge < -0.3 is 14.0 Å². The van der Waals surface area contributed by atoms with Crippen LogP contribution >= 0.6 is 11.8 Å².